The summed E-state index contributed by atoms with van der Waals surface area (Å²) in [6, 6.07) is 12.5. The average Bonchev–Trinajstić information content (AvgIpc) is 2.53. The minimum absolute atomic E-state index is 0.0837. The summed E-state index contributed by atoms with van der Waals surface area (Å²) in [6.45, 7) is 5.99. The molecule has 3 rings (SSSR count). The number of amides is 1. The number of halogens is 1. The highest BCUT2D eigenvalue weighted by atomic mass is 35.5. The van der Waals surface area contributed by atoms with Gasteiger partial charge < -0.3 is 14.8 Å². The molecule has 1 aliphatic heterocycles. The molecule has 1 N–H and O–H groups in total. The number of ether oxygens (including phenoxy) is 2. The van der Waals surface area contributed by atoms with Gasteiger partial charge in [0.05, 0.1) is 0 Å². The van der Waals surface area contributed by atoms with Crippen LogP contribution >= 0.6 is 11.6 Å². The van der Waals surface area contributed by atoms with Crippen LogP contribution in [0.25, 0.3) is 5.57 Å². The fourth-order valence-corrected chi connectivity index (χ4v) is 2.92. The number of allylic oxidation sites excluding steroid dienone is 1. The fraction of sp³-hybridized carbons (Fsp3) is 0.250. The molecule has 130 valence electrons. The molecule has 4 nitrogen and oxygen atoms in total. The quantitative estimate of drug-likeness (QED) is 0.843. The molecular weight excluding hydrogens is 338 g/mol. The minimum atomic E-state index is -0.359. The standard InChI is InChI=1S/C20H20ClNO3/c1-13-11-20(2,3)25-18-10-16(8-9-17(13)18)24-12-19(23)22-15-6-4-14(21)5-7-15/h4-11H,12H2,1-3H3,(H,22,23). The number of carbonyl (C=O) groups is 1. The van der Waals surface area contributed by atoms with Gasteiger partial charge in [0.25, 0.3) is 5.91 Å². The van der Waals surface area contributed by atoms with Crippen LogP contribution in [0.5, 0.6) is 11.5 Å². The molecule has 0 unspecified atom stereocenters. The van der Waals surface area contributed by atoms with E-state index in [0.717, 1.165) is 11.3 Å². The first-order valence-electron chi connectivity index (χ1n) is 8.03. The maximum atomic E-state index is 12.0. The van der Waals surface area contributed by atoms with Crippen molar-refractivity contribution in [1.82, 2.24) is 0 Å². The number of fused-ring (bicyclic) bond motifs is 1. The van der Waals surface area contributed by atoms with Crippen molar-refractivity contribution in [3.8, 4) is 11.5 Å². The molecule has 0 aromatic heterocycles. The third kappa shape index (κ3) is 4.34. The van der Waals surface area contributed by atoms with Crippen LogP contribution in [0.15, 0.2) is 48.5 Å². The number of anilines is 1. The van der Waals surface area contributed by atoms with Gasteiger partial charge in [-0.3, -0.25) is 4.79 Å². The lowest BCUT2D eigenvalue weighted by molar-refractivity contribution is -0.118. The molecule has 0 spiro atoms. The molecule has 0 saturated heterocycles. The predicted octanol–water partition coefficient (Wildman–Crippen LogP) is 4.93. The van der Waals surface area contributed by atoms with Crippen LogP contribution in [0.1, 0.15) is 26.3 Å². The van der Waals surface area contributed by atoms with Gasteiger partial charge in [-0.2, -0.15) is 0 Å². The second-order valence-corrected chi connectivity index (χ2v) is 6.97. The van der Waals surface area contributed by atoms with Crippen molar-refractivity contribution in [1.29, 1.82) is 0 Å². The van der Waals surface area contributed by atoms with Crippen LogP contribution in [0.3, 0.4) is 0 Å². The molecule has 0 radical (unpaired) electrons. The number of benzene rings is 2. The van der Waals surface area contributed by atoms with Gasteiger partial charge in [-0.05, 0) is 68.8 Å². The third-order valence-electron chi connectivity index (χ3n) is 3.81. The molecule has 0 saturated carbocycles. The second-order valence-electron chi connectivity index (χ2n) is 6.53. The maximum Gasteiger partial charge on any atom is 0.262 e. The lowest BCUT2D eigenvalue weighted by Crippen LogP contribution is -2.28. The topological polar surface area (TPSA) is 47.6 Å². The van der Waals surface area contributed by atoms with E-state index in [4.69, 9.17) is 21.1 Å². The Kier molecular flexibility index (Phi) is 4.73. The highest BCUT2D eigenvalue weighted by Crippen LogP contribution is 2.37. The smallest absolute Gasteiger partial charge is 0.262 e. The highest BCUT2D eigenvalue weighted by molar-refractivity contribution is 6.30. The van der Waals surface area contributed by atoms with Crippen LogP contribution < -0.4 is 14.8 Å². The van der Waals surface area contributed by atoms with Crippen molar-refractivity contribution in [3.63, 3.8) is 0 Å². The van der Waals surface area contributed by atoms with E-state index in [1.165, 1.54) is 5.57 Å². The van der Waals surface area contributed by atoms with Crippen molar-refractivity contribution in [2.45, 2.75) is 26.4 Å². The summed E-state index contributed by atoms with van der Waals surface area (Å²) in [6.07, 6.45) is 2.09. The number of hydrogen-bond donors (Lipinski definition) is 1. The molecule has 5 heteroatoms. The first-order chi connectivity index (χ1) is 11.8. The zero-order valence-corrected chi connectivity index (χ0v) is 15.2. The Balaban J connectivity index is 1.63. The zero-order chi connectivity index (χ0) is 18.0. The molecule has 1 heterocycles. The van der Waals surface area contributed by atoms with E-state index in [-0.39, 0.29) is 18.1 Å². The van der Waals surface area contributed by atoms with Gasteiger partial charge >= 0.3 is 0 Å². The van der Waals surface area contributed by atoms with E-state index in [0.29, 0.717) is 16.5 Å². The average molecular weight is 358 g/mol. The largest absolute Gasteiger partial charge is 0.484 e. The molecule has 0 fully saturated rings. The SMILES string of the molecule is CC1=CC(C)(C)Oc2cc(OCC(=O)Nc3ccc(Cl)cc3)ccc21. The Bertz CT molecular complexity index is 825. The molecule has 1 amide bonds. The molecular formula is C20H20ClNO3. The van der Waals surface area contributed by atoms with Gasteiger partial charge in [-0.15, -0.1) is 0 Å². The summed E-state index contributed by atoms with van der Waals surface area (Å²) >= 11 is 5.82. The summed E-state index contributed by atoms with van der Waals surface area (Å²) in [5.74, 6) is 1.12. The molecule has 2 aromatic rings. The maximum absolute atomic E-state index is 12.0. The lowest BCUT2D eigenvalue weighted by Gasteiger charge is -2.30. The van der Waals surface area contributed by atoms with E-state index < -0.39 is 0 Å². The van der Waals surface area contributed by atoms with E-state index in [1.807, 2.05) is 32.0 Å². The summed E-state index contributed by atoms with van der Waals surface area (Å²) in [7, 11) is 0. The Morgan fingerprint density at radius 3 is 2.64 bits per heavy atom. The van der Waals surface area contributed by atoms with E-state index in [1.54, 1.807) is 24.3 Å². The number of hydrogen-bond acceptors (Lipinski definition) is 3. The van der Waals surface area contributed by atoms with Gasteiger partial charge in [0.1, 0.15) is 17.1 Å². The van der Waals surface area contributed by atoms with Gasteiger partial charge in [0, 0.05) is 22.3 Å². The number of nitrogens with one attached hydrogen (secondary N) is 1. The van der Waals surface area contributed by atoms with Crippen molar-refractivity contribution >= 4 is 28.8 Å². The van der Waals surface area contributed by atoms with E-state index in [9.17, 15) is 4.79 Å². The Morgan fingerprint density at radius 2 is 1.92 bits per heavy atom. The zero-order valence-electron chi connectivity index (χ0n) is 14.4. The van der Waals surface area contributed by atoms with Crippen molar-refractivity contribution in [2.75, 3.05) is 11.9 Å². The normalized spacial score (nSPS) is 14.8. The van der Waals surface area contributed by atoms with Crippen LogP contribution in [0.4, 0.5) is 5.69 Å². The Hall–Kier alpha value is -2.46. The molecule has 0 aliphatic carbocycles. The fourth-order valence-electron chi connectivity index (χ4n) is 2.79. The second kappa shape index (κ2) is 6.81. The van der Waals surface area contributed by atoms with Crippen LogP contribution in [0, 0.1) is 0 Å². The number of rotatable bonds is 4. The summed E-state index contributed by atoms with van der Waals surface area (Å²) in [5, 5.41) is 3.38. The van der Waals surface area contributed by atoms with Crippen LogP contribution in [-0.4, -0.2) is 18.1 Å². The summed E-state index contributed by atoms with van der Waals surface area (Å²) in [5.41, 5.74) is 2.52. The number of carbonyl (C=O) groups excluding carboxylic acids is 1. The molecule has 0 bridgehead atoms. The molecule has 25 heavy (non-hydrogen) atoms. The summed E-state index contributed by atoms with van der Waals surface area (Å²) in [4.78, 5) is 12.0. The minimum Gasteiger partial charge on any atom is -0.484 e. The Labute approximate surface area is 152 Å². The highest BCUT2D eigenvalue weighted by Gasteiger charge is 2.25. The van der Waals surface area contributed by atoms with E-state index >= 15 is 0 Å². The lowest BCUT2D eigenvalue weighted by atomic mass is 9.96. The van der Waals surface area contributed by atoms with Crippen molar-refractivity contribution < 1.29 is 14.3 Å². The molecule has 1 aliphatic rings. The van der Waals surface area contributed by atoms with E-state index in [2.05, 4.69) is 18.3 Å². The molecule has 0 atom stereocenters. The van der Waals surface area contributed by atoms with Gasteiger partial charge in [-0.1, -0.05) is 11.6 Å². The first kappa shape index (κ1) is 17.4. The first-order valence-corrected chi connectivity index (χ1v) is 8.41. The van der Waals surface area contributed by atoms with Crippen LogP contribution in [-0.2, 0) is 4.79 Å². The van der Waals surface area contributed by atoms with Gasteiger partial charge in [-0.25, -0.2) is 0 Å². The summed E-state index contributed by atoms with van der Waals surface area (Å²) < 4.78 is 11.6. The van der Waals surface area contributed by atoms with Crippen molar-refractivity contribution in [3.05, 3.63) is 59.1 Å². The predicted molar refractivity (Wildman–Crippen MR) is 100 cm³/mol. The molecule has 2 aromatic carbocycles. The van der Waals surface area contributed by atoms with Crippen LogP contribution in [0.2, 0.25) is 5.02 Å². The van der Waals surface area contributed by atoms with Crippen molar-refractivity contribution in [2.24, 2.45) is 0 Å². The third-order valence-corrected chi connectivity index (χ3v) is 4.06. The van der Waals surface area contributed by atoms with Gasteiger partial charge in [0.15, 0.2) is 6.61 Å². The monoisotopic (exact) mass is 357 g/mol. The Morgan fingerprint density at radius 1 is 1.20 bits per heavy atom. The van der Waals surface area contributed by atoms with Gasteiger partial charge in [0.2, 0.25) is 0 Å².